The Morgan fingerprint density at radius 3 is 1.43 bits per heavy atom. The quantitative estimate of drug-likeness (QED) is 0.297. The van der Waals surface area contributed by atoms with Crippen molar-refractivity contribution < 1.29 is 0 Å². The van der Waals surface area contributed by atoms with Crippen molar-refractivity contribution in [3.05, 3.63) is 72.8 Å². The first kappa shape index (κ1) is 22.3. The molecule has 4 heteroatoms. The standard InChI is InChI=1S/C24H26PSe3/c1-17(2)27-23-15-9-6-12-20(23)25(19-11-5-8-14-22(19)26)21-13-7-10-16-24(21)28-18(3)4/h5-18H,1-4H3. The van der Waals surface area contributed by atoms with E-state index in [0.29, 0.717) is 39.5 Å². The van der Waals surface area contributed by atoms with Crippen LogP contribution in [-0.2, 0) is 0 Å². The minimum atomic E-state index is -0.570. The van der Waals surface area contributed by atoms with Gasteiger partial charge in [-0.1, -0.05) is 0 Å². The normalized spacial score (nSPS) is 11.5. The van der Waals surface area contributed by atoms with E-state index in [-0.39, 0.29) is 0 Å². The van der Waals surface area contributed by atoms with E-state index in [1.165, 1.54) is 9.77 Å². The molecule has 0 atom stereocenters. The van der Waals surface area contributed by atoms with Gasteiger partial charge in [-0.15, -0.1) is 0 Å². The first-order valence-corrected chi connectivity index (χ1v) is 15.4. The van der Waals surface area contributed by atoms with Gasteiger partial charge < -0.3 is 0 Å². The average molecular weight is 582 g/mol. The van der Waals surface area contributed by atoms with Crippen molar-refractivity contribution in [2.75, 3.05) is 0 Å². The van der Waals surface area contributed by atoms with Gasteiger partial charge in [-0.25, -0.2) is 0 Å². The van der Waals surface area contributed by atoms with Crippen LogP contribution >= 0.6 is 7.92 Å². The van der Waals surface area contributed by atoms with Crippen molar-refractivity contribution in [3.8, 4) is 0 Å². The van der Waals surface area contributed by atoms with E-state index in [1.54, 1.807) is 19.5 Å². The molecule has 0 fully saturated rings. The van der Waals surface area contributed by atoms with Crippen molar-refractivity contribution in [3.63, 3.8) is 0 Å². The Morgan fingerprint density at radius 1 is 0.607 bits per heavy atom. The van der Waals surface area contributed by atoms with Crippen LogP contribution in [0.25, 0.3) is 0 Å². The van der Waals surface area contributed by atoms with Crippen molar-refractivity contribution in [2.24, 2.45) is 0 Å². The predicted molar refractivity (Wildman–Crippen MR) is 132 cm³/mol. The number of hydrogen-bond acceptors (Lipinski definition) is 0. The van der Waals surface area contributed by atoms with E-state index >= 15 is 0 Å². The van der Waals surface area contributed by atoms with E-state index in [4.69, 9.17) is 0 Å². The van der Waals surface area contributed by atoms with Crippen LogP contribution in [0.5, 0.6) is 0 Å². The summed E-state index contributed by atoms with van der Waals surface area (Å²) in [5, 5.41) is 4.54. The van der Waals surface area contributed by atoms with Gasteiger partial charge in [0.1, 0.15) is 0 Å². The summed E-state index contributed by atoms with van der Waals surface area (Å²) in [6, 6.07) is 27.3. The van der Waals surface area contributed by atoms with Crippen LogP contribution in [0, 0.1) is 0 Å². The topological polar surface area (TPSA) is 0 Å². The number of rotatable bonds is 7. The molecule has 0 unspecified atom stereocenters. The molecule has 1 radical (unpaired) electrons. The summed E-state index contributed by atoms with van der Waals surface area (Å²) in [6.07, 6.45) is 0. The molecule has 0 heterocycles. The maximum atomic E-state index is 3.34. The number of hydrogen-bond donors (Lipinski definition) is 0. The monoisotopic (exact) mass is 585 g/mol. The number of benzene rings is 3. The van der Waals surface area contributed by atoms with Crippen molar-refractivity contribution in [2.45, 2.75) is 37.3 Å². The fourth-order valence-electron chi connectivity index (χ4n) is 3.02. The summed E-state index contributed by atoms with van der Waals surface area (Å²) in [5.41, 5.74) is 0. The van der Waals surface area contributed by atoms with E-state index < -0.39 is 7.92 Å². The third kappa shape index (κ3) is 5.62. The van der Waals surface area contributed by atoms with Crippen LogP contribution in [0.4, 0.5) is 0 Å². The Morgan fingerprint density at radius 2 is 1.00 bits per heavy atom. The van der Waals surface area contributed by atoms with Gasteiger partial charge >= 0.3 is 193 Å². The molecule has 0 nitrogen and oxygen atoms in total. The summed E-state index contributed by atoms with van der Waals surface area (Å²) in [5.74, 6) is 0. The first-order valence-electron chi connectivity index (χ1n) is 9.55. The fourth-order valence-corrected chi connectivity index (χ4v) is 11.6. The Balaban J connectivity index is 2.24. The second-order valence-corrected chi connectivity index (χ2v) is 16.9. The zero-order valence-corrected chi connectivity index (χ0v) is 22.8. The summed E-state index contributed by atoms with van der Waals surface area (Å²) >= 11 is 4.31. The molecule has 0 bridgehead atoms. The molecule has 0 aliphatic rings. The molecule has 145 valence electrons. The summed E-state index contributed by atoms with van der Waals surface area (Å²) in [6.45, 7) is 9.37. The zero-order chi connectivity index (χ0) is 20.1. The van der Waals surface area contributed by atoms with Gasteiger partial charge in [0.2, 0.25) is 0 Å². The van der Waals surface area contributed by atoms with Crippen molar-refractivity contribution in [1.29, 1.82) is 0 Å². The molecule has 0 saturated heterocycles. The Bertz CT molecular complexity index is 867. The van der Waals surface area contributed by atoms with Gasteiger partial charge in [-0.3, -0.25) is 0 Å². The van der Waals surface area contributed by atoms with Gasteiger partial charge in [-0.05, 0) is 0 Å². The Labute approximate surface area is 192 Å². The fraction of sp³-hybridized carbons (Fsp3) is 0.250. The van der Waals surface area contributed by atoms with Gasteiger partial charge in [0, 0.05) is 0 Å². The third-order valence-corrected chi connectivity index (χ3v) is 13.0. The second kappa shape index (κ2) is 10.6. The Kier molecular flexibility index (Phi) is 8.46. The van der Waals surface area contributed by atoms with Crippen LogP contribution < -0.4 is 29.3 Å². The molecule has 0 aliphatic heterocycles. The second-order valence-electron chi connectivity index (χ2n) is 7.07. The van der Waals surface area contributed by atoms with Crippen LogP contribution in [0.3, 0.4) is 0 Å². The third-order valence-electron chi connectivity index (χ3n) is 4.04. The predicted octanol–water partition coefficient (Wildman–Crippen LogP) is 2.55. The molecule has 0 spiro atoms. The van der Waals surface area contributed by atoms with E-state index in [1.807, 2.05) is 0 Å². The van der Waals surface area contributed by atoms with Gasteiger partial charge in [-0.2, -0.15) is 0 Å². The molecular formula is C24H26PSe3. The molecule has 28 heavy (non-hydrogen) atoms. The summed E-state index contributed by atoms with van der Waals surface area (Å²) < 4.78 is 4.41. The molecule has 3 rings (SSSR count). The molecule has 0 amide bonds. The van der Waals surface area contributed by atoms with Crippen molar-refractivity contribution >= 4 is 83.1 Å². The maximum absolute atomic E-state index is 3.34. The minimum absolute atomic E-state index is 0.488. The first-order chi connectivity index (χ1) is 13.5. The molecule has 3 aromatic rings. The van der Waals surface area contributed by atoms with Crippen LogP contribution in [0.15, 0.2) is 72.8 Å². The van der Waals surface area contributed by atoms with Gasteiger partial charge in [0.25, 0.3) is 0 Å². The Hall–Kier alpha value is -0.352. The molecule has 0 aromatic heterocycles. The van der Waals surface area contributed by atoms with E-state index in [2.05, 4.69) is 117 Å². The molecule has 0 aliphatic carbocycles. The summed E-state index contributed by atoms with van der Waals surface area (Å²) in [7, 11) is -0.570. The average Bonchev–Trinajstić information content (AvgIpc) is 2.65. The van der Waals surface area contributed by atoms with Crippen LogP contribution in [-0.4, -0.2) is 45.9 Å². The van der Waals surface area contributed by atoms with E-state index in [9.17, 15) is 0 Å². The van der Waals surface area contributed by atoms with Gasteiger partial charge in [0.15, 0.2) is 0 Å². The molecule has 0 N–H and O–H groups in total. The summed E-state index contributed by atoms with van der Waals surface area (Å²) in [4.78, 5) is 1.42. The molecular weight excluding hydrogens is 556 g/mol. The molecule has 0 saturated carbocycles. The zero-order valence-electron chi connectivity index (χ0n) is 16.8. The van der Waals surface area contributed by atoms with Crippen LogP contribution in [0.1, 0.15) is 27.7 Å². The molecule has 3 aromatic carbocycles. The van der Waals surface area contributed by atoms with E-state index in [0.717, 1.165) is 0 Å². The van der Waals surface area contributed by atoms with Crippen LogP contribution in [0.2, 0.25) is 9.63 Å². The van der Waals surface area contributed by atoms with Gasteiger partial charge in [0.05, 0.1) is 0 Å². The van der Waals surface area contributed by atoms with Crippen molar-refractivity contribution in [1.82, 2.24) is 0 Å². The SMILES string of the molecule is CC(C)[Se]c1ccccc1P(c1ccccc1[Se])c1ccccc1[Se]C(C)C.